The molecule has 1 saturated heterocycles. The molecular weight excluding hydrogens is 362 g/mol. The highest BCUT2D eigenvalue weighted by atomic mass is 16.2. The van der Waals surface area contributed by atoms with E-state index in [0.717, 1.165) is 49.8 Å². The molecule has 1 aromatic heterocycles. The molecule has 150 valence electrons. The molecule has 2 aliphatic carbocycles. The first-order chi connectivity index (χ1) is 14.1. The second-order valence-electron chi connectivity index (χ2n) is 8.98. The molecule has 1 aliphatic heterocycles. The van der Waals surface area contributed by atoms with Crippen LogP contribution in [0.5, 0.6) is 0 Å². The van der Waals surface area contributed by atoms with Crippen molar-refractivity contribution in [1.29, 1.82) is 0 Å². The lowest BCUT2D eigenvalue weighted by Gasteiger charge is -2.42. The summed E-state index contributed by atoms with van der Waals surface area (Å²) in [7, 11) is 0. The monoisotopic (exact) mass is 389 g/mol. The summed E-state index contributed by atoms with van der Waals surface area (Å²) in [6.45, 7) is 1.79. The second-order valence-corrected chi connectivity index (χ2v) is 8.98. The highest BCUT2D eigenvalue weighted by Crippen LogP contribution is 2.55. The van der Waals surface area contributed by atoms with Crippen molar-refractivity contribution < 1.29 is 9.59 Å². The summed E-state index contributed by atoms with van der Waals surface area (Å²) in [6.07, 6.45) is 8.55. The number of amides is 2. The predicted octanol–water partition coefficient (Wildman–Crippen LogP) is 3.06. The van der Waals surface area contributed by atoms with Gasteiger partial charge in [0.1, 0.15) is 0 Å². The minimum absolute atomic E-state index is 0.0231. The number of carbonyl (C=O) groups is 2. The van der Waals surface area contributed by atoms with Crippen molar-refractivity contribution in [2.45, 2.75) is 44.1 Å². The molecule has 29 heavy (non-hydrogen) atoms. The number of pyridine rings is 1. The molecule has 3 aliphatic rings. The minimum Gasteiger partial charge on any atom is -0.352 e. The lowest BCUT2D eigenvalue weighted by Crippen LogP contribution is -2.45. The highest BCUT2D eigenvalue weighted by Gasteiger charge is 2.59. The first-order valence-electron chi connectivity index (χ1n) is 10.6. The first kappa shape index (κ1) is 18.3. The molecular formula is C24H27N3O2. The van der Waals surface area contributed by atoms with Gasteiger partial charge in [-0.3, -0.25) is 14.6 Å². The maximum atomic E-state index is 13.5. The molecule has 1 aromatic carbocycles. The van der Waals surface area contributed by atoms with Crippen molar-refractivity contribution >= 4 is 11.8 Å². The molecule has 1 atom stereocenters. The second kappa shape index (κ2) is 6.97. The normalized spacial score (nSPS) is 23.4. The van der Waals surface area contributed by atoms with Crippen LogP contribution in [0.15, 0.2) is 54.9 Å². The van der Waals surface area contributed by atoms with E-state index >= 15 is 0 Å². The molecule has 2 heterocycles. The van der Waals surface area contributed by atoms with E-state index in [9.17, 15) is 9.59 Å². The van der Waals surface area contributed by atoms with Crippen LogP contribution in [-0.4, -0.2) is 34.8 Å². The van der Waals surface area contributed by atoms with Crippen LogP contribution < -0.4 is 5.32 Å². The van der Waals surface area contributed by atoms with Crippen LogP contribution in [0.1, 0.15) is 43.2 Å². The fourth-order valence-electron chi connectivity index (χ4n) is 5.25. The van der Waals surface area contributed by atoms with E-state index < -0.39 is 0 Å². The summed E-state index contributed by atoms with van der Waals surface area (Å²) in [4.78, 5) is 32.6. The minimum atomic E-state index is -0.353. The van der Waals surface area contributed by atoms with Crippen LogP contribution in [-0.2, 0) is 21.5 Å². The van der Waals surface area contributed by atoms with Crippen molar-refractivity contribution in [3.05, 3.63) is 66.0 Å². The van der Waals surface area contributed by atoms with Crippen molar-refractivity contribution in [3.8, 4) is 0 Å². The molecule has 5 nitrogen and oxygen atoms in total. The van der Waals surface area contributed by atoms with Gasteiger partial charge in [-0.05, 0) is 48.9 Å². The Hall–Kier alpha value is -2.69. The van der Waals surface area contributed by atoms with Crippen LogP contribution in [0.25, 0.3) is 0 Å². The number of carbonyl (C=O) groups excluding carboxylic acids is 2. The summed E-state index contributed by atoms with van der Waals surface area (Å²) in [6, 6.07) is 14.0. The van der Waals surface area contributed by atoms with Crippen molar-refractivity contribution in [1.82, 2.24) is 15.2 Å². The van der Waals surface area contributed by atoms with Crippen molar-refractivity contribution in [2.75, 3.05) is 13.1 Å². The molecule has 0 bridgehead atoms. The van der Waals surface area contributed by atoms with Gasteiger partial charge in [-0.2, -0.15) is 0 Å². The Morgan fingerprint density at radius 3 is 2.38 bits per heavy atom. The third-order valence-electron chi connectivity index (χ3n) is 7.30. The summed E-state index contributed by atoms with van der Waals surface area (Å²) in [5, 5.41) is 3.11. The van der Waals surface area contributed by atoms with Crippen molar-refractivity contribution in [2.24, 2.45) is 11.3 Å². The fourth-order valence-corrected chi connectivity index (χ4v) is 5.25. The lowest BCUT2D eigenvalue weighted by atomic mass is 9.62. The average molecular weight is 389 g/mol. The molecule has 1 N–H and O–H groups in total. The SMILES string of the molecule is O=C(NCc1ccncc1)C1CN(C(=O)C2(c3ccccc3)CC2)CC12CCC2. The maximum absolute atomic E-state index is 13.5. The standard InChI is InChI=1S/C24H27N3O2/c28-21(26-15-18-7-13-25-14-8-18)20-16-27(17-23(20)9-4-10-23)22(29)24(11-12-24)19-5-2-1-3-6-19/h1-3,5-8,13-14,20H,4,9-12,15-17H2,(H,26,28). The summed E-state index contributed by atoms with van der Waals surface area (Å²) in [5.41, 5.74) is 1.79. The topological polar surface area (TPSA) is 62.3 Å². The third-order valence-corrected chi connectivity index (χ3v) is 7.30. The van der Waals surface area contributed by atoms with Gasteiger partial charge in [0.05, 0.1) is 11.3 Å². The van der Waals surface area contributed by atoms with E-state index in [1.165, 1.54) is 0 Å². The van der Waals surface area contributed by atoms with Crippen LogP contribution in [0.3, 0.4) is 0 Å². The van der Waals surface area contributed by atoms with E-state index in [0.29, 0.717) is 13.1 Å². The van der Waals surface area contributed by atoms with Gasteiger partial charge < -0.3 is 10.2 Å². The number of rotatable bonds is 5. The highest BCUT2D eigenvalue weighted by molar-refractivity contribution is 5.92. The van der Waals surface area contributed by atoms with Gasteiger partial charge >= 0.3 is 0 Å². The van der Waals surface area contributed by atoms with Gasteiger partial charge in [0.15, 0.2) is 0 Å². The Balaban J connectivity index is 1.30. The Morgan fingerprint density at radius 1 is 1.03 bits per heavy atom. The molecule has 0 radical (unpaired) electrons. The summed E-state index contributed by atoms with van der Waals surface area (Å²) < 4.78 is 0. The molecule has 1 unspecified atom stereocenters. The van der Waals surface area contributed by atoms with Gasteiger partial charge in [0.25, 0.3) is 0 Å². The van der Waals surface area contributed by atoms with Gasteiger partial charge in [0, 0.05) is 37.4 Å². The van der Waals surface area contributed by atoms with E-state index in [4.69, 9.17) is 0 Å². The number of hydrogen-bond donors (Lipinski definition) is 1. The predicted molar refractivity (Wildman–Crippen MR) is 110 cm³/mol. The summed E-state index contributed by atoms with van der Waals surface area (Å²) in [5.74, 6) is 0.203. The zero-order chi connectivity index (χ0) is 19.9. The molecule has 2 amide bonds. The maximum Gasteiger partial charge on any atom is 0.233 e. The lowest BCUT2D eigenvalue weighted by molar-refractivity contribution is -0.133. The Morgan fingerprint density at radius 2 is 1.76 bits per heavy atom. The van der Waals surface area contributed by atoms with Crippen LogP contribution in [0, 0.1) is 11.3 Å². The van der Waals surface area contributed by atoms with Gasteiger partial charge in [-0.15, -0.1) is 0 Å². The quantitative estimate of drug-likeness (QED) is 0.855. The van der Waals surface area contributed by atoms with E-state index in [1.54, 1.807) is 12.4 Å². The molecule has 2 aromatic rings. The van der Waals surface area contributed by atoms with E-state index in [2.05, 4.69) is 22.4 Å². The number of nitrogens with one attached hydrogen (secondary N) is 1. The molecule has 2 saturated carbocycles. The molecule has 5 rings (SSSR count). The van der Waals surface area contributed by atoms with Gasteiger partial charge in [-0.25, -0.2) is 0 Å². The Kier molecular flexibility index (Phi) is 4.41. The molecule has 3 fully saturated rings. The molecule has 1 spiro atoms. The van der Waals surface area contributed by atoms with Crippen LogP contribution in [0.4, 0.5) is 0 Å². The van der Waals surface area contributed by atoms with Crippen molar-refractivity contribution in [3.63, 3.8) is 0 Å². The molecule has 5 heteroatoms. The summed E-state index contributed by atoms with van der Waals surface area (Å²) >= 11 is 0. The Bertz CT molecular complexity index is 904. The third kappa shape index (κ3) is 3.13. The largest absolute Gasteiger partial charge is 0.352 e. The number of nitrogens with zero attached hydrogens (tertiary/aromatic N) is 2. The Labute approximate surface area is 171 Å². The average Bonchev–Trinajstić information content (AvgIpc) is 3.45. The van der Waals surface area contributed by atoms with Crippen LogP contribution in [0.2, 0.25) is 0 Å². The van der Waals surface area contributed by atoms with Gasteiger partial charge in [-0.1, -0.05) is 36.8 Å². The number of hydrogen-bond acceptors (Lipinski definition) is 3. The van der Waals surface area contributed by atoms with E-state index in [-0.39, 0.29) is 28.6 Å². The number of benzene rings is 1. The van der Waals surface area contributed by atoms with Crippen LogP contribution >= 0.6 is 0 Å². The zero-order valence-electron chi connectivity index (χ0n) is 16.6. The fraction of sp³-hybridized carbons (Fsp3) is 0.458. The van der Waals surface area contributed by atoms with Gasteiger partial charge in [0.2, 0.25) is 11.8 Å². The zero-order valence-corrected chi connectivity index (χ0v) is 16.6. The number of aromatic nitrogens is 1. The number of likely N-dealkylation sites (tertiary alicyclic amines) is 1. The van der Waals surface area contributed by atoms with E-state index in [1.807, 2.05) is 35.2 Å². The first-order valence-corrected chi connectivity index (χ1v) is 10.6. The smallest absolute Gasteiger partial charge is 0.233 e.